The quantitative estimate of drug-likeness (QED) is 0.840. The van der Waals surface area contributed by atoms with Gasteiger partial charge in [0.25, 0.3) is 5.91 Å². The monoisotopic (exact) mass is 258 g/mol. The van der Waals surface area contributed by atoms with Gasteiger partial charge in [-0.05, 0) is 34.8 Å². The first-order chi connectivity index (χ1) is 6.66. The van der Waals surface area contributed by atoms with Crippen molar-refractivity contribution >= 4 is 21.8 Å². The molecule has 0 saturated heterocycles. The summed E-state index contributed by atoms with van der Waals surface area (Å²) in [4.78, 5) is 11.6. The summed E-state index contributed by atoms with van der Waals surface area (Å²) in [5.41, 5.74) is 5.61. The lowest BCUT2D eigenvalue weighted by molar-refractivity contribution is 0.0881. The summed E-state index contributed by atoms with van der Waals surface area (Å²) in [6.07, 6.45) is 3.18. The van der Waals surface area contributed by atoms with Gasteiger partial charge in [-0.2, -0.15) is 0 Å². The van der Waals surface area contributed by atoms with Crippen molar-refractivity contribution in [2.75, 3.05) is 0 Å². The Morgan fingerprint density at radius 3 is 2.86 bits per heavy atom. The van der Waals surface area contributed by atoms with E-state index in [0.29, 0.717) is 10.2 Å². The number of hydrogen-bond donors (Lipinski definition) is 2. The van der Waals surface area contributed by atoms with Crippen LogP contribution in [0.1, 0.15) is 23.4 Å². The first-order valence-electron chi connectivity index (χ1n) is 4.46. The van der Waals surface area contributed by atoms with Crippen molar-refractivity contribution in [1.29, 1.82) is 0 Å². The molecule has 3 N–H and O–H groups in total. The highest BCUT2D eigenvalue weighted by Gasteiger charge is 2.28. The molecular formula is C9H11BrN2O2. The number of carbonyl (C=O) groups excluding carboxylic acids is 1. The molecule has 0 unspecified atom stereocenters. The largest absolute Gasteiger partial charge is 0.458 e. The standard InChI is InChI=1S/C9H11BrN2O2/c10-7-1-2-14-8(7)9(13)12-6-3-5(11)4-6/h1-2,5-6H,3-4,11H2,(H,12,13). The third-order valence-electron chi connectivity index (χ3n) is 2.33. The summed E-state index contributed by atoms with van der Waals surface area (Å²) >= 11 is 3.23. The number of nitrogens with one attached hydrogen (secondary N) is 1. The fourth-order valence-electron chi connectivity index (χ4n) is 1.49. The molecule has 5 heteroatoms. The Labute approximate surface area is 90.0 Å². The molecule has 1 aromatic heterocycles. The Morgan fingerprint density at radius 2 is 2.36 bits per heavy atom. The normalized spacial score (nSPS) is 25.6. The summed E-state index contributed by atoms with van der Waals surface area (Å²) in [7, 11) is 0. The fourth-order valence-corrected chi connectivity index (χ4v) is 1.87. The van der Waals surface area contributed by atoms with Crippen molar-refractivity contribution in [3.8, 4) is 0 Å². The predicted molar refractivity (Wildman–Crippen MR) is 54.9 cm³/mol. The van der Waals surface area contributed by atoms with Gasteiger partial charge in [0.05, 0.1) is 10.7 Å². The van der Waals surface area contributed by atoms with Crippen molar-refractivity contribution in [1.82, 2.24) is 5.32 Å². The fraction of sp³-hybridized carbons (Fsp3) is 0.444. The Kier molecular flexibility index (Phi) is 2.60. The zero-order chi connectivity index (χ0) is 10.1. The minimum absolute atomic E-state index is 0.182. The van der Waals surface area contributed by atoms with E-state index < -0.39 is 0 Å². The average Bonchev–Trinajstić information content (AvgIpc) is 2.48. The molecule has 4 nitrogen and oxygen atoms in total. The molecule has 14 heavy (non-hydrogen) atoms. The van der Waals surface area contributed by atoms with Gasteiger partial charge in [0, 0.05) is 12.1 Å². The topological polar surface area (TPSA) is 68.3 Å². The molecule has 0 aliphatic heterocycles. The Hall–Kier alpha value is -0.810. The summed E-state index contributed by atoms with van der Waals surface area (Å²) in [5, 5.41) is 2.85. The Balaban J connectivity index is 1.93. The lowest BCUT2D eigenvalue weighted by Crippen LogP contribution is -2.50. The van der Waals surface area contributed by atoms with Crippen molar-refractivity contribution in [2.24, 2.45) is 5.73 Å². The van der Waals surface area contributed by atoms with E-state index in [-0.39, 0.29) is 18.0 Å². The van der Waals surface area contributed by atoms with Gasteiger partial charge in [0.15, 0.2) is 0 Å². The third-order valence-corrected chi connectivity index (χ3v) is 2.96. The SMILES string of the molecule is NC1CC(NC(=O)c2occc2Br)C1. The van der Waals surface area contributed by atoms with Crippen molar-refractivity contribution in [3.63, 3.8) is 0 Å². The van der Waals surface area contributed by atoms with Crippen LogP contribution in [0.3, 0.4) is 0 Å². The van der Waals surface area contributed by atoms with Gasteiger partial charge >= 0.3 is 0 Å². The molecule has 1 aromatic rings. The molecule has 1 amide bonds. The van der Waals surface area contributed by atoms with Gasteiger partial charge < -0.3 is 15.5 Å². The van der Waals surface area contributed by atoms with E-state index in [2.05, 4.69) is 21.2 Å². The lowest BCUT2D eigenvalue weighted by atomic mass is 9.87. The number of amides is 1. The van der Waals surface area contributed by atoms with Gasteiger partial charge in [-0.15, -0.1) is 0 Å². The molecule has 1 fully saturated rings. The minimum Gasteiger partial charge on any atom is -0.458 e. The minimum atomic E-state index is -0.182. The second-order valence-corrected chi connectivity index (χ2v) is 4.35. The second kappa shape index (κ2) is 3.74. The van der Waals surface area contributed by atoms with Crippen LogP contribution >= 0.6 is 15.9 Å². The van der Waals surface area contributed by atoms with Crippen LogP contribution in [-0.2, 0) is 0 Å². The van der Waals surface area contributed by atoms with Gasteiger partial charge in [0.2, 0.25) is 5.76 Å². The van der Waals surface area contributed by atoms with E-state index in [9.17, 15) is 4.79 Å². The van der Waals surface area contributed by atoms with E-state index in [1.807, 2.05) is 0 Å². The number of nitrogens with two attached hydrogens (primary N) is 1. The van der Waals surface area contributed by atoms with Crippen LogP contribution in [0.4, 0.5) is 0 Å². The number of halogens is 1. The molecule has 1 heterocycles. The molecule has 2 rings (SSSR count). The maximum Gasteiger partial charge on any atom is 0.288 e. The average molecular weight is 259 g/mol. The smallest absolute Gasteiger partial charge is 0.288 e. The molecule has 0 spiro atoms. The van der Waals surface area contributed by atoms with Crippen LogP contribution < -0.4 is 11.1 Å². The van der Waals surface area contributed by atoms with Crippen LogP contribution in [-0.4, -0.2) is 18.0 Å². The van der Waals surface area contributed by atoms with Crippen LogP contribution in [0.5, 0.6) is 0 Å². The van der Waals surface area contributed by atoms with Crippen molar-refractivity contribution in [3.05, 3.63) is 22.6 Å². The molecule has 0 bridgehead atoms. The maximum absolute atomic E-state index is 11.6. The summed E-state index contributed by atoms with van der Waals surface area (Å²) in [6, 6.07) is 2.14. The van der Waals surface area contributed by atoms with Gasteiger partial charge in [-0.25, -0.2) is 0 Å². The number of rotatable bonds is 2. The number of carbonyl (C=O) groups is 1. The highest BCUT2D eigenvalue weighted by molar-refractivity contribution is 9.10. The van der Waals surface area contributed by atoms with Crippen LogP contribution in [0.2, 0.25) is 0 Å². The summed E-state index contributed by atoms with van der Waals surface area (Å²) in [5.74, 6) is 0.143. The van der Waals surface area contributed by atoms with Crippen molar-refractivity contribution in [2.45, 2.75) is 24.9 Å². The van der Waals surface area contributed by atoms with E-state index in [1.54, 1.807) is 6.07 Å². The van der Waals surface area contributed by atoms with Gasteiger partial charge in [0.1, 0.15) is 0 Å². The molecule has 76 valence electrons. The van der Waals surface area contributed by atoms with E-state index >= 15 is 0 Å². The summed E-state index contributed by atoms with van der Waals surface area (Å²) in [6.45, 7) is 0. The Bertz CT molecular complexity index is 344. The Morgan fingerprint density at radius 1 is 1.64 bits per heavy atom. The van der Waals surface area contributed by atoms with Gasteiger partial charge in [-0.1, -0.05) is 0 Å². The molecule has 1 saturated carbocycles. The van der Waals surface area contributed by atoms with E-state index in [4.69, 9.17) is 10.2 Å². The molecular weight excluding hydrogens is 248 g/mol. The zero-order valence-corrected chi connectivity index (χ0v) is 9.08. The van der Waals surface area contributed by atoms with E-state index in [0.717, 1.165) is 12.8 Å². The lowest BCUT2D eigenvalue weighted by Gasteiger charge is -2.32. The first kappa shape index (κ1) is 9.73. The first-order valence-corrected chi connectivity index (χ1v) is 5.25. The van der Waals surface area contributed by atoms with Crippen LogP contribution in [0.15, 0.2) is 21.2 Å². The number of hydrogen-bond acceptors (Lipinski definition) is 3. The van der Waals surface area contributed by atoms with Crippen molar-refractivity contribution < 1.29 is 9.21 Å². The molecule has 0 atom stereocenters. The molecule has 0 radical (unpaired) electrons. The van der Waals surface area contributed by atoms with E-state index in [1.165, 1.54) is 6.26 Å². The third kappa shape index (κ3) is 1.83. The van der Waals surface area contributed by atoms with Crippen LogP contribution in [0, 0.1) is 0 Å². The maximum atomic E-state index is 11.6. The number of furan rings is 1. The molecule has 1 aliphatic rings. The highest BCUT2D eigenvalue weighted by atomic mass is 79.9. The second-order valence-electron chi connectivity index (χ2n) is 3.50. The van der Waals surface area contributed by atoms with Crippen LogP contribution in [0.25, 0.3) is 0 Å². The molecule has 0 aromatic carbocycles. The summed E-state index contributed by atoms with van der Waals surface area (Å²) < 4.78 is 5.71. The van der Waals surface area contributed by atoms with Gasteiger partial charge in [-0.3, -0.25) is 4.79 Å². The zero-order valence-electron chi connectivity index (χ0n) is 7.50. The highest BCUT2D eigenvalue weighted by Crippen LogP contribution is 2.21. The molecule has 1 aliphatic carbocycles. The predicted octanol–water partition coefficient (Wildman–Crippen LogP) is 1.26.